The Labute approximate surface area is 161 Å². The number of benzene rings is 1. The standard InChI is InChI=1S/C18H24F3N5S/c1-4-22-17(24-10-16-25-15(12-27-16)18(19,20)21)23-9-13-7-5-6-8-14(13)11-26(2)3/h5-8,12H,4,9-11H2,1-3H3,(H2,22,23,24). The van der Waals surface area contributed by atoms with Gasteiger partial charge >= 0.3 is 6.18 Å². The maximum atomic E-state index is 12.6. The monoisotopic (exact) mass is 399 g/mol. The predicted octanol–water partition coefficient (Wildman–Crippen LogP) is 3.48. The number of halogens is 3. The van der Waals surface area contributed by atoms with E-state index < -0.39 is 11.9 Å². The molecule has 0 unspecified atom stereocenters. The Morgan fingerprint density at radius 3 is 2.48 bits per heavy atom. The Bertz CT molecular complexity index is 755. The molecule has 2 aromatic rings. The molecule has 0 atom stereocenters. The fourth-order valence-corrected chi connectivity index (χ4v) is 3.13. The first-order valence-corrected chi connectivity index (χ1v) is 9.43. The van der Waals surface area contributed by atoms with Crippen LogP contribution in [0.3, 0.4) is 0 Å². The Morgan fingerprint density at radius 2 is 1.89 bits per heavy atom. The molecule has 2 rings (SSSR count). The molecule has 0 aliphatic rings. The van der Waals surface area contributed by atoms with E-state index in [1.807, 2.05) is 39.2 Å². The minimum absolute atomic E-state index is 0.186. The summed E-state index contributed by atoms with van der Waals surface area (Å²) in [5.41, 5.74) is 1.44. The molecule has 1 aromatic carbocycles. The number of aromatic nitrogens is 1. The van der Waals surface area contributed by atoms with Crippen molar-refractivity contribution >= 4 is 17.3 Å². The van der Waals surface area contributed by atoms with Crippen molar-refractivity contribution in [1.29, 1.82) is 0 Å². The van der Waals surface area contributed by atoms with Gasteiger partial charge in [-0.1, -0.05) is 24.3 Å². The maximum Gasteiger partial charge on any atom is 0.434 e. The van der Waals surface area contributed by atoms with E-state index >= 15 is 0 Å². The van der Waals surface area contributed by atoms with Gasteiger partial charge in [-0.05, 0) is 32.1 Å². The number of nitrogens with one attached hydrogen (secondary N) is 2. The first-order chi connectivity index (χ1) is 12.8. The fraction of sp³-hybridized carbons (Fsp3) is 0.444. The highest BCUT2D eigenvalue weighted by molar-refractivity contribution is 7.09. The predicted molar refractivity (Wildman–Crippen MR) is 103 cm³/mol. The second kappa shape index (κ2) is 9.70. The summed E-state index contributed by atoms with van der Waals surface area (Å²) in [6.07, 6.45) is -4.41. The van der Waals surface area contributed by atoms with Gasteiger partial charge in [0.15, 0.2) is 11.7 Å². The smallest absolute Gasteiger partial charge is 0.357 e. The summed E-state index contributed by atoms with van der Waals surface area (Å²) >= 11 is 0.978. The summed E-state index contributed by atoms with van der Waals surface area (Å²) in [7, 11) is 4.02. The average molecular weight is 399 g/mol. The van der Waals surface area contributed by atoms with Crippen LogP contribution < -0.4 is 10.6 Å². The van der Waals surface area contributed by atoms with Crippen molar-refractivity contribution < 1.29 is 13.2 Å². The summed E-state index contributed by atoms with van der Waals surface area (Å²) in [4.78, 5) is 10.3. The topological polar surface area (TPSA) is 52.6 Å². The minimum atomic E-state index is -4.41. The van der Waals surface area contributed by atoms with E-state index in [4.69, 9.17) is 0 Å². The van der Waals surface area contributed by atoms with E-state index in [-0.39, 0.29) is 6.54 Å². The Balaban J connectivity index is 2.03. The van der Waals surface area contributed by atoms with Crippen molar-refractivity contribution in [2.45, 2.75) is 32.7 Å². The normalized spacial score (nSPS) is 12.5. The van der Waals surface area contributed by atoms with Gasteiger partial charge in [-0.2, -0.15) is 13.2 Å². The molecule has 27 heavy (non-hydrogen) atoms. The van der Waals surface area contributed by atoms with Gasteiger partial charge in [0, 0.05) is 18.5 Å². The SMILES string of the molecule is CCNC(=NCc1ccccc1CN(C)C)NCc1nc(C(F)(F)F)cs1. The molecule has 0 spiro atoms. The van der Waals surface area contributed by atoms with Gasteiger partial charge < -0.3 is 15.5 Å². The van der Waals surface area contributed by atoms with Crippen LogP contribution in [0.1, 0.15) is 28.8 Å². The van der Waals surface area contributed by atoms with Crippen LogP contribution in [0, 0.1) is 0 Å². The van der Waals surface area contributed by atoms with Crippen LogP contribution in [0.25, 0.3) is 0 Å². The lowest BCUT2D eigenvalue weighted by Crippen LogP contribution is -2.36. The van der Waals surface area contributed by atoms with Crippen molar-refractivity contribution in [3.8, 4) is 0 Å². The molecule has 1 aromatic heterocycles. The molecule has 5 nitrogen and oxygen atoms in total. The maximum absolute atomic E-state index is 12.6. The highest BCUT2D eigenvalue weighted by Crippen LogP contribution is 2.29. The van der Waals surface area contributed by atoms with Crippen LogP contribution in [0.2, 0.25) is 0 Å². The lowest BCUT2D eigenvalue weighted by Gasteiger charge is -2.14. The zero-order valence-electron chi connectivity index (χ0n) is 15.6. The minimum Gasteiger partial charge on any atom is -0.357 e. The van der Waals surface area contributed by atoms with Crippen LogP contribution in [-0.2, 0) is 25.8 Å². The van der Waals surface area contributed by atoms with Gasteiger partial charge in [0.25, 0.3) is 0 Å². The van der Waals surface area contributed by atoms with Crippen molar-refractivity contribution in [1.82, 2.24) is 20.5 Å². The van der Waals surface area contributed by atoms with E-state index in [0.717, 1.165) is 28.8 Å². The Morgan fingerprint density at radius 1 is 1.19 bits per heavy atom. The van der Waals surface area contributed by atoms with Crippen LogP contribution in [0.15, 0.2) is 34.6 Å². The highest BCUT2D eigenvalue weighted by atomic mass is 32.1. The van der Waals surface area contributed by atoms with Crippen molar-refractivity contribution in [2.75, 3.05) is 20.6 Å². The van der Waals surface area contributed by atoms with E-state index in [0.29, 0.717) is 24.1 Å². The number of alkyl halides is 3. The largest absolute Gasteiger partial charge is 0.434 e. The molecule has 0 saturated carbocycles. The van der Waals surface area contributed by atoms with E-state index in [1.165, 1.54) is 5.56 Å². The molecule has 0 aliphatic carbocycles. The Hall–Kier alpha value is -2.13. The lowest BCUT2D eigenvalue weighted by atomic mass is 10.1. The second-order valence-corrected chi connectivity index (χ2v) is 7.12. The van der Waals surface area contributed by atoms with Crippen LogP contribution in [0.4, 0.5) is 13.2 Å². The molecule has 0 amide bonds. The molecule has 9 heteroatoms. The Kier molecular flexibility index (Phi) is 7.61. The highest BCUT2D eigenvalue weighted by Gasteiger charge is 2.33. The summed E-state index contributed by atoms with van der Waals surface area (Å²) in [6, 6.07) is 8.07. The third-order valence-electron chi connectivity index (χ3n) is 3.61. The number of rotatable bonds is 7. The summed E-state index contributed by atoms with van der Waals surface area (Å²) < 4.78 is 37.9. The van der Waals surface area contributed by atoms with Crippen molar-refractivity contribution in [2.24, 2.45) is 4.99 Å². The molecule has 0 bridgehead atoms. The summed E-state index contributed by atoms with van der Waals surface area (Å²) in [6.45, 7) is 4.06. The molecule has 2 N–H and O–H groups in total. The van der Waals surface area contributed by atoms with Gasteiger partial charge in [0.05, 0.1) is 13.1 Å². The number of guanidine groups is 1. The number of aliphatic imine (C=N–C) groups is 1. The third-order valence-corrected chi connectivity index (χ3v) is 4.45. The number of thiazole rings is 1. The van der Waals surface area contributed by atoms with Crippen LogP contribution in [0.5, 0.6) is 0 Å². The molecular weight excluding hydrogens is 375 g/mol. The van der Waals surface area contributed by atoms with Gasteiger partial charge in [0.1, 0.15) is 5.01 Å². The van der Waals surface area contributed by atoms with Crippen LogP contribution >= 0.6 is 11.3 Å². The second-order valence-electron chi connectivity index (χ2n) is 6.18. The molecule has 0 fully saturated rings. The van der Waals surface area contributed by atoms with E-state index in [2.05, 4.69) is 31.6 Å². The number of hydrogen-bond donors (Lipinski definition) is 2. The van der Waals surface area contributed by atoms with Crippen LogP contribution in [-0.4, -0.2) is 36.5 Å². The van der Waals surface area contributed by atoms with E-state index in [1.54, 1.807) is 0 Å². The zero-order chi connectivity index (χ0) is 19.9. The van der Waals surface area contributed by atoms with Crippen molar-refractivity contribution in [3.05, 3.63) is 51.5 Å². The lowest BCUT2D eigenvalue weighted by molar-refractivity contribution is -0.140. The first-order valence-electron chi connectivity index (χ1n) is 8.55. The summed E-state index contributed by atoms with van der Waals surface area (Å²) in [5.74, 6) is 0.543. The quantitative estimate of drug-likeness (QED) is 0.553. The van der Waals surface area contributed by atoms with E-state index in [9.17, 15) is 13.2 Å². The number of nitrogens with zero attached hydrogens (tertiary/aromatic N) is 3. The third kappa shape index (κ3) is 6.84. The molecule has 0 saturated heterocycles. The molecule has 148 valence electrons. The summed E-state index contributed by atoms with van der Waals surface area (Å²) in [5, 5.41) is 7.53. The van der Waals surface area contributed by atoms with Gasteiger partial charge in [-0.25, -0.2) is 9.98 Å². The van der Waals surface area contributed by atoms with Gasteiger partial charge in [-0.15, -0.1) is 11.3 Å². The number of hydrogen-bond acceptors (Lipinski definition) is 4. The molecule has 0 aliphatic heterocycles. The van der Waals surface area contributed by atoms with Gasteiger partial charge in [0.2, 0.25) is 0 Å². The molecule has 0 radical (unpaired) electrons. The first kappa shape index (κ1) is 21.2. The zero-order valence-corrected chi connectivity index (χ0v) is 16.4. The van der Waals surface area contributed by atoms with Gasteiger partial charge in [-0.3, -0.25) is 0 Å². The van der Waals surface area contributed by atoms with Crippen molar-refractivity contribution in [3.63, 3.8) is 0 Å². The molecular formula is C18H24F3N5S. The molecule has 1 heterocycles. The fourth-order valence-electron chi connectivity index (χ4n) is 2.39. The average Bonchev–Trinajstić information content (AvgIpc) is 3.07.